The Kier molecular flexibility index (Phi) is 6.77. The van der Waals surface area contributed by atoms with Gasteiger partial charge in [0, 0.05) is 28.1 Å². The molecule has 0 spiro atoms. The number of thiazole rings is 1. The lowest BCUT2D eigenvalue weighted by atomic mass is 10.1. The van der Waals surface area contributed by atoms with Gasteiger partial charge in [-0.25, -0.2) is 13.4 Å². The first kappa shape index (κ1) is 25.3. The lowest BCUT2D eigenvalue weighted by Crippen LogP contribution is -2.13. The maximum atomic E-state index is 12.7. The van der Waals surface area contributed by atoms with Crippen molar-refractivity contribution < 1.29 is 22.6 Å². The summed E-state index contributed by atoms with van der Waals surface area (Å²) in [7, 11) is -4.64. The van der Waals surface area contributed by atoms with Crippen LogP contribution in [-0.2, 0) is 10.1 Å². The summed E-state index contributed by atoms with van der Waals surface area (Å²) in [5, 5.41) is 6.17. The van der Waals surface area contributed by atoms with Crippen LogP contribution in [0.3, 0.4) is 0 Å². The molecule has 0 aliphatic carbocycles. The van der Waals surface area contributed by atoms with E-state index < -0.39 is 10.1 Å². The number of amides is 2. The van der Waals surface area contributed by atoms with Crippen molar-refractivity contribution in [1.82, 2.24) is 4.98 Å². The molecule has 0 aliphatic heterocycles. The van der Waals surface area contributed by atoms with Gasteiger partial charge in [0.1, 0.15) is 15.1 Å². The molecule has 0 aliphatic rings. The molecule has 0 bridgehead atoms. The van der Waals surface area contributed by atoms with Crippen LogP contribution in [0.4, 0.5) is 11.4 Å². The molecule has 0 fully saturated rings. The van der Waals surface area contributed by atoms with E-state index in [0.29, 0.717) is 43.3 Å². The number of aromatic nitrogens is 1. The number of rotatable bonds is 6. The molecule has 2 amide bonds. The summed E-state index contributed by atoms with van der Waals surface area (Å²) < 4.78 is 35.6. The molecule has 0 saturated carbocycles. The molecule has 190 valence electrons. The fourth-order valence-corrected chi connectivity index (χ4v) is 6.19. The van der Waals surface area contributed by atoms with Gasteiger partial charge in [0.25, 0.3) is 11.8 Å². The third kappa shape index (κ3) is 5.32. The molecule has 1 heterocycles. The second-order valence-electron chi connectivity index (χ2n) is 8.46. The van der Waals surface area contributed by atoms with Crippen molar-refractivity contribution in [3.63, 3.8) is 0 Å². The maximum absolute atomic E-state index is 12.7. The van der Waals surface area contributed by atoms with Crippen molar-refractivity contribution in [3.8, 4) is 10.6 Å². The summed E-state index contributed by atoms with van der Waals surface area (Å²) in [6.45, 7) is 1.58. The molecule has 5 aromatic rings. The Morgan fingerprint density at radius 3 is 1.89 bits per heavy atom. The summed E-state index contributed by atoms with van der Waals surface area (Å²) in [6, 6.07) is 25.6. The summed E-state index contributed by atoms with van der Waals surface area (Å²) in [4.78, 5) is 29.2. The van der Waals surface area contributed by atoms with Crippen LogP contribution in [0.25, 0.3) is 20.8 Å². The molecular weight excluding hydrogens is 522 g/mol. The minimum Gasteiger partial charge on any atom is -0.744 e. The highest BCUT2D eigenvalue weighted by Crippen LogP contribution is 2.36. The van der Waals surface area contributed by atoms with Crippen molar-refractivity contribution in [1.29, 1.82) is 0 Å². The normalized spacial score (nSPS) is 11.3. The van der Waals surface area contributed by atoms with Crippen molar-refractivity contribution in [2.45, 2.75) is 11.8 Å². The number of nitrogens with one attached hydrogen (secondary N) is 2. The number of carbonyl (C=O) groups excluding carboxylic acids is 2. The number of aryl methyl sites for hydroxylation is 1. The Balaban J connectivity index is 1.28. The van der Waals surface area contributed by atoms with Crippen LogP contribution in [0.15, 0.2) is 95.9 Å². The Labute approximate surface area is 222 Å². The highest BCUT2D eigenvalue weighted by molar-refractivity contribution is 7.86. The topological polar surface area (TPSA) is 128 Å². The van der Waals surface area contributed by atoms with Crippen LogP contribution in [0.5, 0.6) is 0 Å². The Hall–Kier alpha value is -4.38. The third-order valence-electron chi connectivity index (χ3n) is 5.79. The van der Waals surface area contributed by atoms with E-state index in [1.807, 2.05) is 6.07 Å². The first-order valence-electron chi connectivity index (χ1n) is 11.4. The number of hydrogen-bond acceptors (Lipinski definition) is 7. The Morgan fingerprint density at radius 2 is 1.32 bits per heavy atom. The average Bonchev–Trinajstić information content (AvgIpc) is 3.33. The second kappa shape index (κ2) is 10.2. The zero-order valence-electron chi connectivity index (χ0n) is 20.0. The first-order chi connectivity index (χ1) is 18.2. The van der Waals surface area contributed by atoms with Gasteiger partial charge in [-0.2, -0.15) is 0 Å². The molecule has 0 unspecified atom stereocenters. The largest absolute Gasteiger partial charge is 0.744 e. The maximum Gasteiger partial charge on any atom is 0.255 e. The fraction of sp³-hybridized carbons (Fsp3) is 0.0357. The summed E-state index contributed by atoms with van der Waals surface area (Å²) in [6.07, 6.45) is 0. The van der Waals surface area contributed by atoms with Gasteiger partial charge < -0.3 is 15.2 Å². The van der Waals surface area contributed by atoms with E-state index in [1.54, 1.807) is 91.9 Å². The SMILES string of the molecule is Cc1ccc2nc(-c3ccc(NC(=O)c4ccc(NC(=O)c5ccccc5)cc4)cc3)sc2c1S(=O)(=O)[O-]. The lowest BCUT2D eigenvalue weighted by Gasteiger charge is -2.10. The van der Waals surface area contributed by atoms with E-state index in [9.17, 15) is 22.6 Å². The van der Waals surface area contributed by atoms with E-state index in [1.165, 1.54) is 0 Å². The zero-order chi connectivity index (χ0) is 26.9. The van der Waals surface area contributed by atoms with Crippen LogP contribution < -0.4 is 10.6 Å². The van der Waals surface area contributed by atoms with Gasteiger partial charge in [0.05, 0.1) is 15.1 Å². The minimum atomic E-state index is -4.64. The lowest BCUT2D eigenvalue weighted by molar-refractivity contribution is 0.102. The van der Waals surface area contributed by atoms with E-state index in [0.717, 1.165) is 16.9 Å². The fourth-order valence-electron chi connectivity index (χ4n) is 3.90. The molecule has 0 radical (unpaired) electrons. The minimum absolute atomic E-state index is 0.239. The molecule has 2 N–H and O–H groups in total. The average molecular weight is 543 g/mol. The number of carbonyl (C=O) groups is 2. The van der Waals surface area contributed by atoms with Gasteiger partial charge in [0.2, 0.25) is 0 Å². The Bertz CT molecular complexity index is 1760. The van der Waals surface area contributed by atoms with Crippen molar-refractivity contribution >= 4 is 54.9 Å². The van der Waals surface area contributed by atoms with Gasteiger partial charge in [-0.05, 0) is 79.2 Å². The smallest absolute Gasteiger partial charge is 0.255 e. The summed E-state index contributed by atoms with van der Waals surface area (Å²) in [5.74, 6) is -0.559. The molecule has 1 aromatic heterocycles. The van der Waals surface area contributed by atoms with E-state index in [4.69, 9.17) is 0 Å². The van der Waals surface area contributed by atoms with Crippen LogP contribution in [0.1, 0.15) is 26.3 Å². The van der Waals surface area contributed by atoms with Gasteiger partial charge >= 0.3 is 0 Å². The third-order valence-corrected chi connectivity index (χ3v) is 8.08. The molecule has 0 atom stereocenters. The van der Waals surface area contributed by atoms with Crippen molar-refractivity contribution in [3.05, 3.63) is 108 Å². The van der Waals surface area contributed by atoms with Crippen LogP contribution in [0, 0.1) is 6.92 Å². The van der Waals surface area contributed by atoms with Crippen molar-refractivity contribution in [2.24, 2.45) is 0 Å². The predicted octanol–water partition coefficient (Wildman–Crippen LogP) is 5.68. The van der Waals surface area contributed by atoms with Crippen LogP contribution in [-0.4, -0.2) is 29.8 Å². The van der Waals surface area contributed by atoms with Gasteiger partial charge in [-0.3, -0.25) is 9.59 Å². The van der Waals surface area contributed by atoms with Gasteiger partial charge in [0.15, 0.2) is 0 Å². The van der Waals surface area contributed by atoms with E-state index >= 15 is 0 Å². The monoisotopic (exact) mass is 542 g/mol. The number of anilines is 2. The Morgan fingerprint density at radius 1 is 0.763 bits per heavy atom. The highest BCUT2D eigenvalue weighted by Gasteiger charge is 2.16. The van der Waals surface area contributed by atoms with Crippen molar-refractivity contribution in [2.75, 3.05) is 10.6 Å². The standard InChI is InChI=1S/C28H21N3O5S2/c1-17-7-16-23-24(25(17)38(34,35)36)37-28(31-23)20-10-14-22(15-11-20)30-27(33)19-8-12-21(13-9-19)29-26(32)18-5-3-2-4-6-18/h2-16H,1H3,(H,29,32)(H,30,33)(H,34,35,36)/p-1. The van der Waals surface area contributed by atoms with Gasteiger partial charge in [-0.15, -0.1) is 11.3 Å². The predicted molar refractivity (Wildman–Crippen MR) is 147 cm³/mol. The van der Waals surface area contributed by atoms with Crippen LogP contribution >= 0.6 is 11.3 Å². The summed E-state index contributed by atoms with van der Waals surface area (Å²) in [5.41, 5.74) is 3.61. The second-order valence-corrected chi connectivity index (χ2v) is 10.8. The number of benzene rings is 4. The zero-order valence-corrected chi connectivity index (χ0v) is 21.6. The van der Waals surface area contributed by atoms with Gasteiger partial charge in [-0.1, -0.05) is 24.3 Å². The molecule has 4 aromatic carbocycles. The molecule has 0 saturated heterocycles. The van der Waals surface area contributed by atoms with E-state index in [2.05, 4.69) is 15.6 Å². The molecule has 5 rings (SSSR count). The van der Waals surface area contributed by atoms with Crippen LogP contribution in [0.2, 0.25) is 0 Å². The van der Waals surface area contributed by atoms with E-state index in [-0.39, 0.29) is 16.7 Å². The number of fused-ring (bicyclic) bond motifs is 1. The summed E-state index contributed by atoms with van der Waals surface area (Å²) >= 11 is 1.13. The quantitative estimate of drug-likeness (QED) is 0.266. The molecule has 8 nitrogen and oxygen atoms in total. The highest BCUT2D eigenvalue weighted by atomic mass is 32.2. The first-order valence-corrected chi connectivity index (χ1v) is 13.7. The molecular formula is C28H20N3O5S2-. The molecule has 38 heavy (non-hydrogen) atoms. The number of nitrogens with zero attached hydrogens (tertiary/aromatic N) is 1. The number of hydrogen-bond donors (Lipinski definition) is 2. The molecule has 10 heteroatoms.